The minimum atomic E-state index is -4.96. The predicted octanol–water partition coefficient (Wildman–Crippen LogP) is 1.75. The van der Waals surface area contributed by atoms with Crippen LogP contribution in [-0.2, 0) is 9.59 Å². The zero-order valence-electron chi connectivity index (χ0n) is 9.04. The molecule has 2 amide bonds. The summed E-state index contributed by atoms with van der Waals surface area (Å²) in [5.74, 6) is -2.47. The lowest BCUT2D eigenvalue weighted by atomic mass is 9.97. The number of benzene rings is 1. The summed E-state index contributed by atoms with van der Waals surface area (Å²) in [6.07, 6.45) is -5.16. The van der Waals surface area contributed by atoms with Crippen molar-refractivity contribution in [1.82, 2.24) is 5.32 Å². The summed E-state index contributed by atoms with van der Waals surface area (Å²) >= 11 is 0. The lowest BCUT2D eigenvalue weighted by Crippen LogP contribution is -2.41. The van der Waals surface area contributed by atoms with E-state index in [4.69, 9.17) is 0 Å². The van der Waals surface area contributed by atoms with Gasteiger partial charge < -0.3 is 10.6 Å². The molecule has 1 unspecified atom stereocenters. The molecule has 0 spiro atoms. The van der Waals surface area contributed by atoms with Gasteiger partial charge in [-0.2, -0.15) is 13.2 Å². The van der Waals surface area contributed by atoms with E-state index in [9.17, 15) is 22.8 Å². The summed E-state index contributed by atoms with van der Waals surface area (Å²) in [4.78, 5) is 22.2. The van der Waals surface area contributed by atoms with E-state index >= 15 is 0 Å². The molecule has 1 aromatic rings. The highest BCUT2D eigenvalue weighted by atomic mass is 19.4. The van der Waals surface area contributed by atoms with Crippen molar-refractivity contribution in [2.45, 2.75) is 18.6 Å². The molecule has 0 radical (unpaired) electrons. The number of carbonyl (C=O) groups excluding carboxylic acids is 2. The van der Waals surface area contributed by atoms with E-state index in [-0.39, 0.29) is 6.42 Å². The summed E-state index contributed by atoms with van der Waals surface area (Å²) < 4.78 is 36.5. The van der Waals surface area contributed by atoms with Gasteiger partial charge in [-0.3, -0.25) is 9.59 Å². The largest absolute Gasteiger partial charge is 0.471 e. The number of alkyl halides is 3. The molecule has 0 aliphatic carbocycles. The molecule has 4 nitrogen and oxygen atoms in total. The third kappa shape index (κ3) is 2.44. The number of amides is 2. The summed E-state index contributed by atoms with van der Waals surface area (Å²) in [7, 11) is 0. The first-order chi connectivity index (χ1) is 8.38. The SMILES string of the molecule is O=C1CC(NC(=O)C(F)(F)F)c2ccccc2N1. The van der Waals surface area contributed by atoms with Crippen molar-refractivity contribution in [2.75, 3.05) is 5.32 Å². The second-order valence-corrected chi connectivity index (χ2v) is 3.86. The van der Waals surface area contributed by atoms with Crippen LogP contribution in [0, 0.1) is 0 Å². The summed E-state index contributed by atoms with van der Waals surface area (Å²) in [6.45, 7) is 0. The standard InChI is InChI=1S/C11H9F3N2O2/c12-11(13,14)10(18)16-8-5-9(17)15-7-4-2-1-3-6(7)8/h1-4,8H,5H2,(H,15,17)(H,16,18). The third-order valence-electron chi connectivity index (χ3n) is 2.56. The first-order valence-corrected chi connectivity index (χ1v) is 5.14. The molecule has 1 aliphatic heterocycles. The average Bonchev–Trinajstić information content (AvgIpc) is 2.27. The summed E-state index contributed by atoms with van der Waals surface area (Å²) in [6, 6.07) is 5.45. The Morgan fingerprint density at radius 2 is 2.00 bits per heavy atom. The van der Waals surface area contributed by atoms with Crippen LogP contribution in [0.25, 0.3) is 0 Å². The van der Waals surface area contributed by atoms with E-state index < -0.39 is 24.0 Å². The lowest BCUT2D eigenvalue weighted by molar-refractivity contribution is -0.174. The topological polar surface area (TPSA) is 58.2 Å². The van der Waals surface area contributed by atoms with E-state index in [1.54, 1.807) is 24.3 Å². The van der Waals surface area contributed by atoms with E-state index in [1.807, 2.05) is 5.32 Å². The molecule has 0 bridgehead atoms. The maximum atomic E-state index is 12.2. The minimum absolute atomic E-state index is 0.209. The highest BCUT2D eigenvalue weighted by Crippen LogP contribution is 2.30. The second kappa shape index (κ2) is 4.32. The first-order valence-electron chi connectivity index (χ1n) is 5.14. The monoisotopic (exact) mass is 258 g/mol. The molecule has 2 rings (SSSR count). The van der Waals surface area contributed by atoms with Gasteiger partial charge >= 0.3 is 12.1 Å². The highest BCUT2D eigenvalue weighted by Gasteiger charge is 2.41. The van der Waals surface area contributed by atoms with Crippen LogP contribution in [0.1, 0.15) is 18.0 Å². The van der Waals surface area contributed by atoms with Gasteiger partial charge in [0.2, 0.25) is 5.91 Å². The zero-order valence-corrected chi connectivity index (χ0v) is 9.04. The number of hydrogen-bond acceptors (Lipinski definition) is 2. The first kappa shape index (κ1) is 12.4. The van der Waals surface area contributed by atoms with Crippen LogP contribution in [0.2, 0.25) is 0 Å². The van der Waals surface area contributed by atoms with Crippen LogP contribution in [-0.4, -0.2) is 18.0 Å². The quantitative estimate of drug-likeness (QED) is 0.806. The van der Waals surface area contributed by atoms with Crippen LogP contribution < -0.4 is 10.6 Å². The van der Waals surface area contributed by atoms with Crippen molar-refractivity contribution in [3.05, 3.63) is 29.8 Å². The molecule has 0 fully saturated rings. The van der Waals surface area contributed by atoms with Gasteiger partial charge in [0.1, 0.15) is 0 Å². The molecule has 1 atom stereocenters. The third-order valence-corrected chi connectivity index (χ3v) is 2.56. The molecule has 1 aromatic carbocycles. The average molecular weight is 258 g/mol. The second-order valence-electron chi connectivity index (χ2n) is 3.86. The Labute approximate surface area is 100 Å². The van der Waals surface area contributed by atoms with Crippen molar-refractivity contribution < 1.29 is 22.8 Å². The number of rotatable bonds is 1. The number of carbonyl (C=O) groups is 2. The summed E-state index contributed by atoms with van der Waals surface area (Å²) in [5.41, 5.74) is 0.885. The fourth-order valence-electron chi connectivity index (χ4n) is 1.78. The summed E-state index contributed by atoms with van der Waals surface area (Å²) in [5, 5.41) is 4.35. The molecule has 0 aromatic heterocycles. The molecule has 1 aliphatic rings. The molecular formula is C11H9F3N2O2. The van der Waals surface area contributed by atoms with Gasteiger partial charge in [0, 0.05) is 5.69 Å². The minimum Gasteiger partial charge on any atom is -0.341 e. The molecule has 96 valence electrons. The van der Waals surface area contributed by atoms with Gasteiger partial charge in [0.15, 0.2) is 0 Å². The molecule has 0 saturated heterocycles. The number of fused-ring (bicyclic) bond motifs is 1. The van der Waals surface area contributed by atoms with Crippen molar-refractivity contribution in [1.29, 1.82) is 0 Å². The van der Waals surface area contributed by atoms with Gasteiger partial charge in [0.25, 0.3) is 0 Å². The van der Waals surface area contributed by atoms with E-state index in [1.165, 1.54) is 0 Å². The Morgan fingerprint density at radius 3 is 2.67 bits per heavy atom. The smallest absolute Gasteiger partial charge is 0.341 e. The Hall–Kier alpha value is -2.05. The molecule has 18 heavy (non-hydrogen) atoms. The number of hydrogen-bond donors (Lipinski definition) is 2. The molecule has 7 heteroatoms. The number of para-hydroxylation sites is 1. The van der Waals surface area contributed by atoms with Crippen LogP contribution in [0.15, 0.2) is 24.3 Å². The Morgan fingerprint density at radius 1 is 1.33 bits per heavy atom. The van der Waals surface area contributed by atoms with Crippen LogP contribution in [0.5, 0.6) is 0 Å². The van der Waals surface area contributed by atoms with Gasteiger partial charge in [-0.25, -0.2) is 0 Å². The molecule has 2 N–H and O–H groups in total. The number of halogens is 3. The fourth-order valence-corrected chi connectivity index (χ4v) is 1.78. The lowest BCUT2D eigenvalue weighted by Gasteiger charge is -2.26. The van der Waals surface area contributed by atoms with Crippen LogP contribution in [0.4, 0.5) is 18.9 Å². The van der Waals surface area contributed by atoms with Gasteiger partial charge in [-0.1, -0.05) is 18.2 Å². The molecule has 0 saturated carbocycles. The van der Waals surface area contributed by atoms with Crippen molar-refractivity contribution in [3.8, 4) is 0 Å². The van der Waals surface area contributed by atoms with Crippen LogP contribution in [0.3, 0.4) is 0 Å². The number of anilines is 1. The Balaban J connectivity index is 2.24. The van der Waals surface area contributed by atoms with E-state index in [0.717, 1.165) is 0 Å². The van der Waals surface area contributed by atoms with E-state index in [0.29, 0.717) is 11.3 Å². The van der Waals surface area contributed by atoms with Crippen LogP contribution >= 0.6 is 0 Å². The Kier molecular flexibility index (Phi) is 2.98. The van der Waals surface area contributed by atoms with Gasteiger partial charge in [-0.05, 0) is 11.6 Å². The van der Waals surface area contributed by atoms with Gasteiger partial charge in [-0.15, -0.1) is 0 Å². The number of nitrogens with one attached hydrogen (secondary N) is 2. The van der Waals surface area contributed by atoms with Gasteiger partial charge in [0.05, 0.1) is 12.5 Å². The molecule has 1 heterocycles. The normalized spacial score (nSPS) is 18.8. The highest BCUT2D eigenvalue weighted by molar-refractivity contribution is 5.95. The zero-order chi connectivity index (χ0) is 13.3. The van der Waals surface area contributed by atoms with Crippen molar-refractivity contribution >= 4 is 17.5 Å². The maximum Gasteiger partial charge on any atom is 0.471 e. The van der Waals surface area contributed by atoms with E-state index in [2.05, 4.69) is 5.32 Å². The predicted molar refractivity (Wildman–Crippen MR) is 56.6 cm³/mol. The van der Waals surface area contributed by atoms with Crippen molar-refractivity contribution in [2.24, 2.45) is 0 Å². The van der Waals surface area contributed by atoms with Crippen molar-refractivity contribution in [3.63, 3.8) is 0 Å². The Bertz CT molecular complexity index is 499. The fraction of sp³-hybridized carbons (Fsp3) is 0.273. The maximum absolute atomic E-state index is 12.2. The molecular weight excluding hydrogens is 249 g/mol.